The fourth-order valence-electron chi connectivity index (χ4n) is 4.80. The van der Waals surface area contributed by atoms with Gasteiger partial charge in [-0.05, 0) is 62.6 Å². The van der Waals surface area contributed by atoms with E-state index in [1.807, 2.05) is 52.0 Å². The van der Waals surface area contributed by atoms with E-state index >= 15 is 0 Å². The summed E-state index contributed by atoms with van der Waals surface area (Å²) >= 11 is 1.34. The molecule has 1 aliphatic heterocycles. The lowest BCUT2D eigenvalue weighted by Gasteiger charge is -2.24. The summed E-state index contributed by atoms with van der Waals surface area (Å²) in [6.07, 6.45) is 0. The van der Waals surface area contributed by atoms with Gasteiger partial charge in [0, 0.05) is 5.56 Å². The zero-order valence-corrected chi connectivity index (χ0v) is 22.7. The van der Waals surface area contributed by atoms with Crippen LogP contribution in [0, 0.1) is 20.8 Å². The predicted molar refractivity (Wildman–Crippen MR) is 149 cm³/mol. The monoisotopic (exact) mass is 528 g/mol. The van der Waals surface area contributed by atoms with Gasteiger partial charge in [-0.25, -0.2) is 4.98 Å². The van der Waals surface area contributed by atoms with Crippen LogP contribution in [-0.2, 0) is 9.59 Å². The van der Waals surface area contributed by atoms with Gasteiger partial charge in [-0.2, -0.15) is 0 Å². The molecule has 38 heavy (non-hydrogen) atoms. The van der Waals surface area contributed by atoms with Gasteiger partial charge in [-0.3, -0.25) is 14.5 Å². The van der Waals surface area contributed by atoms with Gasteiger partial charge >= 0.3 is 5.91 Å². The van der Waals surface area contributed by atoms with Crippen LogP contribution in [0.2, 0.25) is 0 Å². The number of ether oxygens (including phenoxy) is 2. The van der Waals surface area contributed by atoms with Gasteiger partial charge in [0.25, 0.3) is 5.78 Å². The number of hydrogen-bond donors (Lipinski definition) is 1. The molecule has 5 rings (SSSR count). The number of anilines is 1. The molecule has 4 aromatic rings. The number of aromatic nitrogens is 1. The Kier molecular flexibility index (Phi) is 6.67. The highest BCUT2D eigenvalue weighted by atomic mass is 32.1. The molecule has 1 saturated heterocycles. The van der Waals surface area contributed by atoms with Gasteiger partial charge in [0.15, 0.2) is 16.6 Å². The summed E-state index contributed by atoms with van der Waals surface area (Å²) in [4.78, 5) is 33.3. The van der Waals surface area contributed by atoms with Gasteiger partial charge in [-0.1, -0.05) is 53.3 Å². The Morgan fingerprint density at radius 3 is 2.42 bits per heavy atom. The van der Waals surface area contributed by atoms with Crippen molar-refractivity contribution in [2.45, 2.75) is 33.7 Å². The van der Waals surface area contributed by atoms with Crippen molar-refractivity contribution in [3.63, 3.8) is 0 Å². The van der Waals surface area contributed by atoms with Gasteiger partial charge in [0.2, 0.25) is 0 Å². The normalized spacial score (nSPS) is 16.9. The van der Waals surface area contributed by atoms with Crippen molar-refractivity contribution < 1.29 is 24.2 Å². The van der Waals surface area contributed by atoms with E-state index in [1.165, 1.54) is 23.3 Å². The first-order valence-corrected chi connectivity index (χ1v) is 13.1. The smallest absolute Gasteiger partial charge is 0.301 e. The zero-order valence-electron chi connectivity index (χ0n) is 21.9. The Morgan fingerprint density at radius 2 is 1.74 bits per heavy atom. The lowest BCUT2D eigenvalue weighted by Crippen LogP contribution is -2.29. The minimum absolute atomic E-state index is 0.00257. The molecule has 1 fully saturated rings. The van der Waals surface area contributed by atoms with Crippen LogP contribution in [0.4, 0.5) is 5.13 Å². The van der Waals surface area contributed by atoms with Crippen LogP contribution in [0.3, 0.4) is 0 Å². The van der Waals surface area contributed by atoms with Crippen molar-refractivity contribution in [3.8, 4) is 11.5 Å². The number of Topliss-reactive ketones (excluding diaryl/α,β-unsaturated/α-hetero) is 1. The van der Waals surface area contributed by atoms with Gasteiger partial charge in [0.05, 0.1) is 35.5 Å². The van der Waals surface area contributed by atoms with E-state index in [4.69, 9.17) is 14.5 Å². The average molecular weight is 529 g/mol. The summed E-state index contributed by atoms with van der Waals surface area (Å²) in [6, 6.07) is 15.6. The number of rotatable bonds is 6. The first-order chi connectivity index (χ1) is 18.2. The first-order valence-electron chi connectivity index (χ1n) is 12.3. The Labute approximate surface area is 225 Å². The number of thiazole rings is 1. The van der Waals surface area contributed by atoms with E-state index in [2.05, 4.69) is 0 Å². The SMILES string of the molecule is CCOc1ccc(C2C(=C(O)c3ccc(C)cc3)C(=O)C(=O)N2c2nc3c(C)cc(C)cc3s2)cc1OC. The summed E-state index contributed by atoms with van der Waals surface area (Å²) in [5, 5.41) is 11.8. The standard InChI is InChI=1S/C30H28N2O5S/c1-6-37-21-12-11-20(15-22(21)36-5)26-24(27(33)19-9-7-16(2)8-10-19)28(34)29(35)32(26)30-31-25-18(4)13-17(3)14-23(25)38-30/h7-15,26,33H,6H2,1-5H3. The number of ketones is 1. The molecule has 1 aromatic heterocycles. The van der Waals surface area contributed by atoms with Crippen LogP contribution < -0.4 is 14.4 Å². The summed E-state index contributed by atoms with van der Waals surface area (Å²) in [6.45, 7) is 8.24. The molecule has 1 N–H and O–H groups in total. The van der Waals surface area contributed by atoms with E-state index < -0.39 is 17.7 Å². The minimum atomic E-state index is -0.914. The number of fused-ring (bicyclic) bond motifs is 1. The maximum absolute atomic E-state index is 13.6. The number of aliphatic hydroxyl groups is 1. The van der Waals surface area contributed by atoms with Crippen LogP contribution in [-0.4, -0.2) is 35.5 Å². The van der Waals surface area contributed by atoms with Gasteiger partial charge in [-0.15, -0.1) is 0 Å². The molecule has 1 atom stereocenters. The molecular formula is C30H28N2O5S. The zero-order chi connectivity index (χ0) is 27.1. The molecule has 0 saturated carbocycles. The highest BCUT2D eigenvalue weighted by Crippen LogP contribution is 2.46. The molecule has 8 heteroatoms. The van der Waals surface area contributed by atoms with Gasteiger partial charge in [0.1, 0.15) is 5.76 Å². The number of benzene rings is 3. The van der Waals surface area contributed by atoms with Crippen LogP contribution in [0.1, 0.15) is 40.8 Å². The molecule has 1 aliphatic rings. The molecule has 1 amide bonds. The summed E-state index contributed by atoms with van der Waals surface area (Å²) < 4.78 is 12.1. The molecule has 7 nitrogen and oxygen atoms in total. The quantitative estimate of drug-likeness (QED) is 0.181. The van der Waals surface area contributed by atoms with Crippen LogP contribution in [0.5, 0.6) is 11.5 Å². The molecule has 194 valence electrons. The Balaban J connectivity index is 1.75. The second-order valence-electron chi connectivity index (χ2n) is 9.30. The van der Waals surface area contributed by atoms with E-state index in [0.717, 1.165) is 26.9 Å². The molecule has 0 radical (unpaired) electrons. The first kappa shape index (κ1) is 25.5. The lowest BCUT2D eigenvalue weighted by molar-refractivity contribution is -0.132. The number of aliphatic hydroxyl groups excluding tert-OH is 1. The summed E-state index contributed by atoms with van der Waals surface area (Å²) in [5.74, 6) is -0.753. The third-order valence-corrected chi connectivity index (χ3v) is 7.60. The average Bonchev–Trinajstić information content (AvgIpc) is 3.43. The van der Waals surface area contributed by atoms with E-state index in [1.54, 1.807) is 30.3 Å². The van der Waals surface area contributed by atoms with Crippen molar-refractivity contribution in [1.82, 2.24) is 4.98 Å². The Morgan fingerprint density at radius 1 is 1.00 bits per heavy atom. The number of hydrogen-bond acceptors (Lipinski definition) is 7. The summed E-state index contributed by atoms with van der Waals surface area (Å²) in [7, 11) is 1.53. The predicted octanol–water partition coefficient (Wildman–Crippen LogP) is 6.26. The Hall–Kier alpha value is -4.17. The van der Waals surface area contributed by atoms with E-state index in [9.17, 15) is 14.7 Å². The topological polar surface area (TPSA) is 89.0 Å². The van der Waals surface area contributed by atoms with Crippen molar-refractivity contribution in [2.75, 3.05) is 18.6 Å². The lowest BCUT2D eigenvalue weighted by atomic mass is 9.95. The van der Waals surface area contributed by atoms with Crippen molar-refractivity contribution >= 4 is 44.1 Å². The molecule has 0 bridgehead atoms. The largest absolute Gasteiger partial charge is 0.507 e. The molecule has 1 unspecified atom stereocenters. The van der Waals surface area contributed by atoms with Gasteiger partial charge < -0.3 is 14.6 Å². The van der Waals surface area contributed by atoms with Crippen LogP contribution in [0.25, 0.3) is 16.0 Å². The second-order valence-corrected chi connectivity index (χ2v) is 10.3. The molecule has 0 spiro atoms. The maximum atomic E-state index is 13.6. The number of aryl methyl sites for hydroxylation is 3. The van der Waals surface area contributed by atoms with Crippen LogP contribution >= 0.6 is 11.3 Å². The maximum Gasteiger partial charge on any atom is 0.301 e. The number of nitrogens with zero attached hydrogens (tertiary/aromatic N) is 2. The number of carbonyl (C=O) groups is 2. The number of methoxy groups -OCH3 is 1. The highest BCUT2D eigenvalue weighted by Gasteiger charge is 2.48. The fourth-order valence-corrected chi connectivity index (χ4v) is 5.97. The molecule has 0 aliphatic carbocycles. The fraction of sp³-hybridized carbons (Fsp3) is 0.233. The summed E-state index contributed by atoms with van der Waals surface area (Å²) in [5.41, 5.74) is 4.89. The van der Waals surface area contributed by atoms with E-state index in [-0.39, 0.29) is 11.3 Å². The van der Waals surface area contributed by atoms with Crippen molar-refractivity contribution in [1.29, 1.82) is 0 Å². The van der Waals surface area contributed by atoms with E-state index in [0.29, 0.717) is 34.4 Å². The number of carbonyl (C=O) groups excluding carboxylic acids is 2. The highest BCUT2D eigenvalue weighted by molar-refractivity contribution is 7.22. The number of amides is 1. The van der Waals surface area contributed by atoms with Crippen LogP contribution in [0.15, 0.2) is 60.2 Å². The third-order valence-electron chi connectivity index (χ3n) is 6.60. The Bertz CT molecular complexity index is 1600. The van der Waals surface area contributed by atoms with Crippen molar-refractivity contribution in [2.24, 2.45) is 0 Å². The molecule has 2 heterocycles. The molecular weight excluding hydrogens is 500 g/mol. The minimum Gasteiger partial charge on any atom is -0.507 e. The van der Waals surface area contributed by atoms with Crippen molar-refractivity contribution in [3.05, 3.63) is 88.0 Å². The molecule has 3 aromatic carbocycles. The third kappa shape index (κ3) is 4.31. The second kappa shape index (κ2) is 9.95.